The molecular weight excluding hydrogens is 841 g/mol. The number of esters is 3. The fraction of sp³-hybridized carbons (Fsp3) is 0.887. The summed E-state index contributed by atoms with van der Waals surface area (Å²) in [6.45, 7) is 6.67. The van der Waals surface area contributed by atoms with E-state index in [0.717, 1.165) is 64.2 Å². The highest BCUT2D eigenvalue weighted by atomic mass is 16.6. The van der Waals surface area contributed by atoms with Crippen LogP contribution >= 0.6 is 0 Å². The van der Waals surface area contributed by atoms with Crippen LogP contribution in [-0.2, 0) is 28.6 Å². The zero-order valence-corrected chi connectivity index (χ0v) is 45.9. The monoisotopic (exact) mass is 957 g/mol. The average Bonchev–Trinajstić information content (AvgIpc) is 3.34. The first-order valence-electron chi connectivity index (χ1n) is 30.3. The molecule has 1 atom stereocenters. The van der Waals surface area contributed by atoms with Gasteiger partial charge in [-0.25, -0.2) is 0 Å². The van der Waals surface area contributed by atoms with Crippen molar-refractivity contribution in [1.82, 2.24) is 0 Å². The standard InChI is InChI=1S/C62H116O6/c1-4-7-10-13-16-19-22-25-28-30-31-33-34-37-40-43-46-49-52-55-61(64)67-58-59(57-66-60(63)54-51-48-45-42-39-36-27-24-21-18-15-12-9-6-3)68-62(65)56-53-50-47-44-41-38-35-32-29-26-23-20-17-14-11-8-5-2/h30-31,36,39,59H,4-29,32-35,37-38,40-58H2,1-3H3/b31-30-,39-36-. The Kier molecular flexibility index (Phi) is 55.7. The highest BCUT2D eigenvalue weighted by Gasteiger charge is 2.19. The Balaban J connectivity index is 4.33. The maximum atomic E-state index is 12.9. The number of carbonyl (C=O) groups is 3. The molecular formula is C62H116O6. The van der Waals surface area contributed by atoms with Gasteiger partial charge in [0.2, 0.25) is 0 Å². The molecule has 0 aromatic heterocycles. The number of ether oxygens (including phenoxy) is 3. The van der Waals surface area contributed by atoms with Crippen molar-refractivity contribution in [3.8, 4) is 0 Å². The Morgan fingerprint density at radius 1 is 0.279 bits per heavy atom. The van der Waals surface area contributed by atoms with Crippen molar-refractivity contribution in [2.24, 2.45) is 0 Å². The quantitative estimate of drug-likeness (QED) is 0.0262. The van der Waals surface area contributed by atoms with E-state index in [-0.39, 0.29) is 31.1 Å². The molecule has 6 nitrogen and oxygen atoms in total. The first-order valence-corrected chi connectivity index (χ1v) is 30.3. The van der Waals surface area contributed by atoms with E-state index in [0.29, 0.717) is 19.3 Å². The van der Waals surface area contributed by atoms with E-state index in [1.165, 1.54) is 231 Å². The minimum atomic E-state index is -0.775. The van der Waals surface area contributed by atoms with Gasteiger partial charge in [0, 0.05) is 19.3 Å². The maximum absolute atomic E-state index is 12.9. The lowest BCUT2D eigenvalue weighted by molar-refractivity contribution is -0.167. The molecule has 0 spiro atoms. The van der Waals surface area contributed by atoms with E-state index >= 15 is 0 Å². The SMILES string of the molecule is CCCCCCCCC/C=C\CCCCCC(=O)OCC(COC(=O)CCCCCCCCC/C=C\CCCCCCCCCC)OC(=O)CCCCCCCCCCCCCCCCCCC. The van der Waals surface area contributed by atoms with Crippen molar-refractivity contribution in [2.75, 3.05) is 13.2 Å². The molecule has 0 saturated carbocycles. The van der Waals surface area contributed by atoms with Crippen LogP contribution in [0.5, 0.6) is 0 Å². The van der Waals surface area contributed by atoms with Gasteiger partial charge in [0.1, 0.15) is 13.2 Å². The van der Waals surface area contributed by atoms with Crippen LogP contribution in [0.25, 0.3) is 0 Å². The lowest BCUT2D eigenvalue weighted by atomic mass is 10.0. The maximum Gasteiger partial charge on any atom is 0.306 e. The lowest BCUT2D eigenvalue weighted by Gasteiger charge is -2.18. The van der Waals surface area contributed by atoms with Gasteiger partial charge in [-0.05, 0) is 70.6 Å². The third-order valence-corrected chi connectivity index (χ3v) is 13.7. The molecule has 0 amide bonds. The van der Waals surface area contributed by atoms with Gasteiger partial charge in [0.05, 0.1) is 0 Å². The van der Waals surface area contributed by atoms with Gasteiger partial charge in [0.25, 0.3) is 0 Å². The van der Waals surface area contributed by atoms with Crippen LogP contribution in [0, 0.1) is 0 Å². The van der Waals surface area contributed by atoms with Crippen molar-refractivity contribution in [3.05, 3.63) is 24.3 Å². The summed E-state index contributed by atoms with van der Waals surface area (Å²) in [5, 5.41) is 0. The average molecular weight is 958 g/mol. The highest BCUT2D eigenvalue weighted by Crippen LogP contribution is 2.17. The molecule has 0 heterocycles. The van der Waals surface area contributed by atoms with Crippen molar-refractivity contribution in [2.45, 2.75) is 341 Å². The minimum absolute atomic E-state index is 0.0737. The molecule has 1 unspecified atom stereocenters. The van der Waals surface area contributed by atoms with E-state index in [4.69, 9.17) is 14.2 Å². The molecule has 0 bridgehead atoms. The number of unbranched alkanes of at least 4 members (excludes halogenated alkanes) is 41. The van der Waals surface area contributed by atoms with E-state index in [1.807, 2.05) is 0 Å². The van der Waals surface area contributed by atoms with Crippen LogP contribution in [0.4, 0.5) is 0 Å². The van der Waals surface area contributed by atoms with Crippen molar-refractivity contribution in [3.63, 3.8) is 0 Å². The van der Waals surface area contributed by atoms with Gasteiger partial charge >= 0.3 is 17.9 Å². The van der Waals surface area contributed by atoms with Crippen LogP contribution in [0.15, 0.2) is 24.3 Å². The molecule has 0 aliphatic heterocycles. The molecule has 400 valence electrons. The van der Waals surface area contributed by atoms with E-state index < -0.39 is 6.10 Å². The second-order valence-corrected chi connectivity index (χ2v) is 20.6. The lowest BCUT2D eigenvalue weighted by Crippen LogP contribution is -2.30. The summed E-state index contributed by atoms with van der Waals surface area (Å²) in [5.41, 5.74) is 0. The molecule has 0 aromatic rings. The largest absolute Gasteiger partial charge is 0.462 e. The number of hydrogen-bond acceptors (Lipinski definition) is 6. The number of hydrogen-bond donors (Lipinski definition) is 0. The van der Waals surface area contributed by atoms with Crippen LogP contribution in [0.1, 0.15) is 335 Å². The predicted octanol–water partition coefficient (Wildman–Crippen LogP) is 20.3. The third-order valence-electron chi connectivity index (χ3n) is 13.7. The molecule has 0 radical (unpaired) electrons. The summed E-state index contributed by atoms with van der Waals surface area (Å²) in [4.78, 5) is 38.2. The van der Waals surface area contributed by atoms with Gasteiger partial charge < -0.3 is 14.2 Å². The summed E-state index contributed by atoms with van der Waals surface area (Å²) in [6, 6.07) is 0. The van der Waals surface area contributed by atoms with Gasteiger partial charge in [-0.15, -0.1) is 0 Å². The van der Waals surface area contributed by atoms with E-state index in [9.17, 15) is 14.4 Å². The summed E-state index contributed by atoms with van der Waals surface area (Å²) in [7, 11) is 0. The predicted molar refractivity (Wildman–Crippen MR) is 293 cm³/mol. The Hall–Kier alpha value is -2.11. The van der Waals surface area contributed by atoms with E-state index in [1.54, 1.807) is 0 Å². The van der Waals surface area contributed by atoms with Crippen LogP contribution in [-0.4, -0.2) is 37.2 Å². The van der Waals surface area contributed by atoms with E-state index in [2.05, 4.69) is 45.1 Å². The summed E-state index contributed by atoms with van der Waals surface area (Å²) >= 11 is 0. The molecule has 0 saturated heterocycles. The van der Waals surface area contributed by atoms with Crippen LogP contribution in [0.3, 0.4) is 0 Å². The van der Waals surface area contributed by atoms with Crippen molar-refractivity contribution >= 4 is 17.9 Å². The first kappa shape index (κ1) is 65.9. The molecule has 68 heavy (non-hydrogen) atoms. The summed E-state index contributed by atoms with van der Waals surface area (Å²) in [5.74, 6) is -0.871. The number of rotatable bonds is 56. The normalized spacial score (nSPS) is 12.1. The molecule has 0 aromatic carbocycles. The fourth-order valence-corrected chi connectivity index (χ4v) is 9.08. The Morgan fingerprint density at radius 2 is 0.485 bits per heavy atom. The Morgan fingerprint density at radius 3 is 0.750 bits per heavy atom. The zero-order chi connectivity index (χ0) is 49.3. The molecule has 0 aliphatic carbocycles. The molecule has 0 N–H and O–H groups in total. The second kappa shape index (κ2) is 57.5. The van der Waals surface area contributed by atoms with Gasteiger partial charge in [-0.2, -0.15) is 0 Å². The zero-order valence-electron chi connectivity index (χ0n) is 45.9. The van der Waals surface area contributed by atoms with Crippen molar-refractivity contribution < 1.29 is 28.6 Å². The van der Waals surface area contributed by atoms with Gasteiger partial charge in [0.15, 0.2) is 6.10 Å². The first-order chi connectivity index (χ1) is 33.5. The Bertz CT molecular complexity index is 1100. The fourth-order valence-electron chi connectivity index (χ4n) is 9.08. The van der Waals surface area contributed by atoms with Crippen LogP contribution in [0.2, 0.25) is 0 Å². The molecule has 0 aliphatic rings. The Labute approximate surface area is 423 Å². The minimum Gasteiger partial charge on any atom is -0.462 e. The summed E-state index contributed by atoms with van der Waals surface area (Å²) < 4.78 is 16.9. The molecule has 0 fully saturated rings. The van der Waals surface area contributed by atoms with Crippen molar-refractivity contribution in [1.29, 1.82) is 0 Å². The number of carbonyl (C=O) groups excluding carboxylic acids is 3. The smallest absolute Gasteiger partial charge is 0.306 e. The van der Waals surface area contributed by atoms with Gasteiger partial charge in [-0.3, -0.25) is 14.4 Å². The van der Waals surface area contributed by atoms with Gasteiger partial charge in [-0.1, -0.05) is 270 Å². The second-order valence-electron chi connectivity index (χ2n) is 20.6. The number of allylic oxidation sites excluding steroid dienone is 4. The molecule has 6 heteroatoms. The topological polar surface area (TPSA) is 78.9 Å². The summed E-state index contributed by atoms with van der Waals surface area (Å²) in [6.07, 6.45) is 67.4. The molecule has 0 rings (SSSR count). The third kappa shape index (κ3) is 54.8. The van der Waals surface area contributed by atoms with Crippen LogP contribution < -0.4 is 0 Å². The highest BCUT2D eigenvalue weighted by molar-refractivity contribution is 5.71.